The Bertz CT molecular complexity index is 616. The van der Waals surface area contributed by atoms with Crippen LogP contribution in [0.4, 0.5) is 11.5 Å². The summed E-state index contributed by atoms with van der Waals surface area (Å²) in [5.74, 6) is 0.0863. The Labute approximate surface area is 123 Å². The van der Waals surface area contributed by atoms with Crippen molar-refractivity contribution in [3.05, 3.63) is 47.9 Å². The number of aromatic nitrogens is 2. The zero-order valence-electron chi connectivity index (χ0n) is 12.1. The van der Waals surface area contributed by atoms with E-state index in [0.717, 1.165) is 12.1 Å². The van der Waals surface area contributed by atoms with Crippen LogP contribution in [0.3, 0.4) is 0 Å². The second-order valence-corrected chi connectivity index (χ2v) is 4.59. The zero-order chi connectivity index (χ0) is 15.2. The molecule has 0 saturated heterocycles. The van der Waals surface area contributed by atoms with E-state index in [4.69, 9.17) is 5.73 Å². The molecular weight excluding hydrogens is 268 g/mol. The van der Waals surface area contributed by atoms with Gasteiger partial charge in [0.05, 0.1) is 12.8 Å². The summed E-state index contributed by atoms with van der Waals surface area (Å²) in [4.78, 5) is 22.0. The molecule has 2 heterocycles. The van der Waals surface area contributed by atoms with E-state index in [9.17, 15) is 4.79 Å². The Morgan fingerprint density at radius 2 is 2.14 bits per heavy atom. The molecule has 2 aromatic rings. The molecule has 0 saturated carbocycles. The molecule has 0 aliphatic heterocycles. The number of nitrogens with zero attached hydrogens (tertiary/aromatic N) is 3. The van der Waals surface area contributed by atoms with Gasteiger partial charge < -0.3 is 15.4 Å². The molecule has 2 rings (SSSR count). The standard InChI is InChI=1S/C15H18N4O2/c1-19(10-8-11-5-3-4-9-17-11)14-12(16)6-7-13(18-14)15(20)21-2/h3-7,9H,8,10,16H2,1-2H3. The number of hydrogen-bond donors (Lipinski definition) is 1. The molecule has 0 fully saturated rings. The maximum atomic E-state index is 11.5. The molecule has 0 bridgehead atoms. The second kappa shape index (κ2) is 6.69. The molecular formula is C15H18N4O2. The van der Waals surface area contributed by atoms with Crippen LogP contribution in [0, 0.1) is 0 Å². The fourth-order valence-corrected chi connectivity index (χ4v) is 1.92. The molecule has 0 unspecified atom stereocenters. The SMILES string of the molecule is COC(=O)c1ccc(N)c(N(C)CCc2ccccn2)n1. The third-order valence-corrected chi connectivity index (χ3v) is 3.09. The molecule has 0 spiro atoms. The highest BCUT2D eigenvalue weighted by atomic mass is 16.5. The Morgan fingerprint density at radius 3 is 2.81 bits per heavy atom. The van der Waals surface area contributed by atoms with Crippen molar-refractivity contribution in [3.63, 3.8) is 0 Å². The predicted molar refractivity (Wildman–Crippen MR) is 81.2 cm³/mol. The number of ether oxygens (including phenoxy) is 1. The molecule has 6 nitrogen and oxygen atoms in total. The van der Waals surface area contributed by atoms with E-state index >= 15 is 0 Å². The normalized spacial score (nSPS) is 10.2. The molecule has 21 heavy (non-hydrogen) atoms. The van der Waals surface area contributed by atoms with Crippen molar-refractivity contribution in [2.75, 3.05) is 31.3 Å². The zero-order valence-corrected chi connectivity index (χ0v) is 12.1. The summed E-state index contributed by atoms with van der Waals surface area (Å²) >= 11 is 0. The highest BCUT2D eigenvalue weighted by molar-refractivity contribution is 5.88. The second-order valence-electron chi connectivity index (χ2n) is 4.59. The number of esters is 1. The Morgan fingerprint density at radius 1 is 1.33 bits per heavy atom. The van der Waals surface area contributed by atoms with Crippen molar-refractivity contribution in [3.8, 4) is 0 Å². The van der Waals surface area contributed by atoms with E-state index < -0.39 is 5.97 Å². The first-order chi connectivity index (χ1) is 10.1. The third kappa shape index (κ3) is 3.68. The van der Waals surface area contributed by atoms with Crippen LogP contribution in [0.5, 0.6) is 0 Å². The largest absolute Gasteiger partial charge is 0.464 e. The molecule has 0 aliphatic rings. The van der Waals surface area contributed by atoms with Crippen LogP contribution in [-0.4, -0.2) is 36.6 Å². The van der Waals surface area contributed by atoms with E-state index in [2.05, 4.69) is 14.7 Å². The smallest absolute Gasteiger partial charge is 0.356 e. The summed E-state index contributed by atoms with van der Waals surface area (Å²) in [6.07, 6.45) is 2.53. The summed E-state index contributed by atoms with van der Waals surface area (Å²) in [5, 5.41) is 0. The van der Waals surface area contributed by atoms with Gasteiger partial charge in [-0.3, -0.25) is 4.98 Å². The van der Waals surface area contributed by atoms with Crippen molar-refractivity contribution in [1.82, 2.24) is 9.97 Å². The molecule has 2 aromatic heterocycles. The highest BCUT2D eigenvalue weighted by Gasteiger charge is 2.13. The quantitative estimate of drug-likeness (QED) is 0.839. The van der Waals surface area contributed by atoms with Gasteiger partial charge in [-0.05, 0) is 24.3 Å². The van der Waals surface area contributed by atoms with Gasteiger partial charge in [-0.25, -0.2) is 9.78 Å². The van der Waals surface area contributed by atoms with E-state index in [1.54, 1.807) is 18.3 Å². The average Bonchev–Trinajstić information content (AvgIpc) is 2.53. The summed E-state index contributed by atoms with van der Waals surface area (Å²) < 4.78 is 4.67. The Kier molecular flexibility index (Phi) is 4.71. The van der Waals surface area contributed by atoms with Crippen molar-refractivity contribution in [2.45, 2.75) is 6.42 Å². The van der Waals surface area contributed by atoms with Crippen molar-refractivity contribution in [1.29, 1.82) is 0 Å². The van der Waals surface area contributed by atoms with Crippen LogP contribution < -0.4 is 10.6 Å². The fourth-order valence-electron chi connectivity index (χ4n) is 1.92. The first-order valence-corrected chi connectivity index (χ1v) is 6.57. The monoisotopic (exact) mass is 286 g/mol. The summed E-state index contributed by atoms with van der Waals surface area (Å²) in [7, 11) is 3.20. The molecule has 2 N–H and O–H groups in total. The van der Waals surface area contributed by atoms with Gasteiger partial charge in [-0.2, -0.15) is 0 Å². The van der Waals surface area contributed by atoms with Crippen LogP contribution in [-0.2, 0) is 11.2 Å². The van der Waals surface area contributed by atoms with Crippen molar-refractivity contribution < 1.29 is 9.53 Å². The third-order valence-electron chi connectivity index (χ3n) is 3.09. The molecule has 0 atom stereocenters. The average molecular weight is 286 g/mol. The van der Waals surface area contributed by atoms with Gasteiger partial charge >= 0.3 is 5.97 Å². The maximum absolute atomic E-state index is 11.5. The number of methoxy groups -OCH3 is 1. The van der Waals surface area contributed by atoms with Gasteiger partial charge in [0, 0.05) is 31.9 Å². The van der Waals surface area contributed by atoms with Crippen LogP contribution in [0.15, 0.2) is 36.5 Å². The van der Waals surface area contributed by atoms with Crippen molar-refractivity contribution >= 4 is 17.5 Å². The van der Waals surface area contributed by atoms with Gasteiger partial charge in [0.2, 0.25) is 0 Å². The highest BCUT2D eigenvalue weighted by Crippen LogP contribution is 2.20. The molecule has 110 valence electrons. The molecule has 0 aromatic carbocycles. The first kappa shape index (κ1) is 14.8. The lowest BCUT2D eigenvalue weighted by atomic mass is 10.2. The van der Waals surface area contributed by atoms with Gasteiger partial charge in [0.1, 0.15) is 0 Å². The minimum atomic E-state index is -0.477. The number of likely N-dealkylation sites (N-methyl/N-ethyl adjacent to an activating group) is 1. The Balaban J connectivity index is 2.11. The first-order valence-electron chi connectivity index (χ1n) is 6.57. The number of hydrogen-bond acceptors (Lipinski definition) is 6. The van der Waals surface area contributed by atoms with Gasteiger partial charge in [0.25, 0.3) is 0 Å². The predicted octanol–water partition coefficient (Wildman–Crippen LogP) is 1.52. The minimum Gasteiger partial charge on any atom is -0.464 e. The summed E-state index contributed by atoms with van der Waals surface area (Å²) in [5.41, 5.74) is 7.68. The number of nitrogens with two attached hydrogens (primary N) is 1. The number of pyridine rings is 2. The van der Waals surface area contributed by atoms with E-state index in [0.29, 0.717) is 18.1 Å². The fraction of sp³-hybridized carbons (Fsp3) is 0.267. The summed E-state index contributed by atoms with van der Waals surface area (Å²) in [6.45, 7) is 0.693. The number of anilines is 2. The van der Waals surface area contributed by atoms with E-state index in [-0.39, 0.29) is 5.69 Å². The van der Waals surface area contributed by atoms with Gasteiger partial charge in [-0.1, -0.05) is 6.07 Å². The molecule has 6 heteroatoms. The van der Waals surface area contributed by atoms with E-state index in [1.165, 1.54) is 7.11 Å². The number of carbonyl (C=O) groups is 1. The Hall–Kier alpha value is -2.63. The van der Waals surface area contributed by atoms with Crippen LogP contribution in [0.1, 0.15) is 16.2 Å². The van der Waals surface area contributed by atoms with Gasteiger partial charge in [-0.15, -0.1) is 0 Å². The molecule has 0 aliphatic carbocycles. The number of rotatable bonds is 5. The topological polar surface area (TPSA) is 81.3 Å². The van der Waals surface area contributed by atoms with Crippen LogP contribution in [0.2, 0.25) is 0 Å². The summed E-state index contributed by atoms with van der Waals surface area (Å²) in [6, 6.07) is 9.01. The lowest BCUT2D eigenvalue weighted by Gasteiger charge is -2.20. The lowest BCUT2D eigenvalue weighted by molar-refractivity contribution is 0.0594. The lowest BCUT2D eigenvalue weighted by Crippen LogP contribution is -2.23. The number of carbonyl (C=O) groups excluding carboxylic acids is 1. The van der Waals surface area contributed by atoms with Crippen molar-refractivity contribution in [2.24, 2.45) is 0 Å². The van der Waals surface area contributed by atoms with Gasteiger partial charge in [0.15, 0.2) is 11.5 Å². The molecule has 0 radical (unpaired) electrons. The van der Waals surface area contributed by atoms with Crippen LogP contribution >= 0.6 is 0 Å². The van der Waals surface area contributed by atoms with E-state index in [1.807, 2.05) is 30.1 Å². The number of nitrogen functional groups attached to an aromatic ring is 1. The minimum absolute atomic E-state index is 0.242. The maximum Gasteiger partial charge on any atom is 0.356 e. The van der Waals surface area contributed by atoms with Crippen LogP contribution in [0.25, 0.3) is 0 Å². The molecule has 0 amide bonds.